The molecule has 0 spiro atoms. The average Bonchev–Trinajstić information content (AvgIpc) is 2.70. The minimum atomic E-state index is -3.80. The standard InChI is InChI=1S/C10H14BrN3O4S2/c11-8-3-9(10(12)13-5-8)20(17,18)14-4-7-1-2-19(15,16)6-7/h3,5,7,14H,1-2,4,6H2,(H2,12,13). The van der Waals surface area contributed by atoms with Crippen molar-refractivity contribution < 1.29 is 16.8 Å². The molecule has 0 radical (unpaired) electrons. The fourth-order valence-electron chi connectivity index (χ4n) is 1.98. The molecule has 2 rings (SSSR count). The molecule has 10 heteroatoms. The molecule has 0 amide bonds. The molecule has 0 bridgehead atoms. The molecule has 112 valence electrons. The zero-order chi connectivity index (χ0) is 15.0. The number of hydrogen-bond donors (Lipinski definition) is 2. The van der Waals surface area contributed by atoms with Crippen LogP contribution in [0.25, 0.3) is 0 Å². The van der Waals surface area contributed by atoms with E-state index in [1.807, 2.05) is 0 Å². The second kappa shape index (κ2) is 5.58. The first-order valence-electron chi connectivity index (χ1n) is 5.81. The Hall–Kier alpha value is -0.710. The van der Waals surface area contributed by atoms with Crippen LogP contribution in [0.3, 0.4) is 0 Å². The molecule has 1 aromatic rings. The Morgan fingerprint density at radius 2 is 2.20 bits per heavy atom. The molecule has 1 unspecified atom stereocenters. The highest BCUT2D eigenvalue weighted by Crippen LogP contribution is 2.22. The van der Waals surface area contributed by atoms with Gasteiger partial charge in [-0.1, -0.05) is 0 Å². The van der Waals surface area contributed by atoms with Crippen molar-refractivity contribution in [2.45, 2.75) is 11.3 Å². The Balaban J connectivity index is 2.10. The maximum atomic E-state index is 12.1. The van der Waals surface area contributed by atoms with E-state index in [4.69, 9.17) is 5.73 Å². The van der Waals surface area contributed by atoms with Crippen LogP contribution in [-0.2, 0) is 19.9 Å². The zero-order valence-electron chi connectivity index (χ0n) is 10.4. The Labute approximate surface area is 126 Å². The summed E-state index contributed by atoms with van der Waals surface area (Å²) in [6.45, 7) is 0.0769. The number of sulfone groups is 1. The second-order valence-corrected chi connectivity index (χ2v) is 9.54. The first-order chi connectivity index (χ1) is 9.20. The third kappa shape index (κ3) is 3.68. The van der Waals surface area contributed by atoms with Crippen LogP contribution in [0.5, 0.6) is 0 Å². The lowest BCUT2D eigenvalue weighted by molar-refractivity contribution is 0.543. The lowest BCUT2D eigenvalue weighted by atomic mass is 10.1. The van der Waals surface area contributed by atoms with Crippen molar-refractivity contribution in [2.24, 2.45) is 5.92 Å². The number of rotatable bonds is 4. The quantitative estimate of drug-likeness (QED) is 0.762. The number of nitrogen functional groups attached to an aromatic ring is 1. The largest absolute Gasteiger partial charge is 0.383 e. The Kier molecular flexibility index (Phi) is 4.38. The van der Waals surface area contributed by atoms with Crippen LogP contribution in [0, 0.1) is 5.92 Å². The van der Waals surface area contributed by atoms with E-state index in [1.54, 1.807) is 0 Å². The molecule has 1 saturated heterocycles. The van der Waals surface area contributed by atoms with E-state index in [2.05, 4.69) is 25.6 Å². The van der Waals surface area contributed by atoms with Gasteiger partial charge in [-0.15, -0.1) is 0 Å². The zero-order valence-corrected chi connectivity index (χ0v) is 13.6. The SMILES string of the molecule is Nc1ncc(Br)cc1S(=O)(=O)NCC1CCS(=O)(=O)C1. The van der Waals surface area contributed by atoms with Crippen molar-refractivity contribution in [3.05, 3.63) is 16.7 Å². The summed E-state index contributed by atoms with van der Waals surface area (Å²) < 4.78 is 49.8. The summed E-state index contributed by atoms with van der Waals surface area (Å²) in [5, 5.41) is 0. The molecule has 0 saturated carbocycles. The molecule has 1 aliphatic rings. The van der Waals surface area contributed by atoms with Gasteiger partial charge < -0.3 is 5.73 Å². The van der Waals surface area contributed by atoms with E-state index in [0.717, 1.165) is 0 Å². The molecule has 20 heavy (non-hydrogen) atoms. The Morgan fingerprint density at radius 1 is 1.50 bits per heavy atom. The molecular weight excluding hydrogens is 370 g/mol. The highest BCUT2D eigenvalue weighted by Gasteiger charge is 2.29. The number of nitrogens with zero attached hydrogens (tertiary/aromatic N) is 1. The number of sulfonamides is 1. The number of aromatic nitrogens is 1. The molecule has 1 aromatic heterocycles. The third-order valence-corrected chi connectivity index (χ3v) is 6.75. The van der Waals surface area contributed by atoms with Gasteiger partial charge in [0.2, 0.25) is 10.0 Å². The van der Waals surface area contributed by atoms with E-state index in [9.17, 15) is 16.8 Å². The number of nitrogens with two attached hydrogens (primary N) is 1. The van der Waals surface area contributed by atoms with Crippen LogP contribution < -0.4 is 10.5 Å². The van der Waals surface area contributed by atoms with Crippen molar-refractivity contribution in [1.29, 1.82) is 0 Å². The van der Waals surface area contributed by atoms with Gasteiger partial charge in [0, 0.05) is 17.2 Å². The molecule has 0 aliphatic carbocycles. The number of nitrogens with one attached hydrogen (secondary N) is 1. The third-order valence-electron chi connectivity index (χ3n) is 3.03. The van der Waals surface area contributed by atoms with E-state index < -0.39 is 19.9 Å². The fourth-order valence-corrected chi connectivity index (χ4v) is 5.55. The number of anilines is 1. The van der Waals surface area contributed by atoms with Gasteiger partial charge in [0.1, 0.15) is 10.7 Å². The van der Waals surface area contributed by atoms with Crippen molar-refractivity contribution in [3.63, 3.8) is 0 Å². The van der Waals surface area contributed by atoms with Crippen LogP contribution in [-0.4, -0.2) is 39.9 Å². The van der Waals surface area contributed by atoms with E-state index >= 15 is 0 Å². The number of pyridine rings is 1. The normalized spacial score (nSPS) is 21.9. The van der Waals surface area contributed by atoms with E-state index in [1.165, 1.54) is 12.3 Å². The molecule has 1 aliphatic heterocycles. The molecule has 3 N–H and O–H groups in total. The summed E-state index contributed by atoms with van der Waals surface area (Å²) >= 11 is 3.13. The summed E-state index contributed by atoms with van der Waals surface area (Å²) in [7, 11) is -6.82. The molecule has 2 heterocycles. The van der Waals surface area contributed by atoms with E-state index in [-0.39, 0.29) is 34.7 Å². The molecule has 1 atom stereocenters. The summed E-state index contributed by atoms with van der Waals surface area (Å²) in [4.78, 5) is 3.65. The van der Waals surface area contributed by atoms with E-state index in [0.29, 0.717) is 10.9 Å². The minimum Gasteiger partial charge on any atom is -0.383 e. The van der Waals surface area contributed by atoms with Gasteiger partial charge >= 0.3 is 0 Å². The average molecular weight is 384 g/mol. The number of hydrogen-bond acceptors (Lipinski definition) is 6. The van der Waals surface area contributed by atoms with Crippen molar-refractivity contribution in [3.8, 4) is 0 Å². The van der Waals surface area contributed by atoms with Gasteiger partial charge in [-0.25, -0.2) is 26.5 Å². The lowest BCUT2D eigenvalue weighted by Crippen LogP contribution is -2.30. The second-order valence-electron chi connectivity index (χ2n) is 4.66. The lowest BCUT2D eigenvalue weighted by Gasteiger charge is -2.11. The Morgan fingerprint density at radius 3 is 2.80 bits per heavy atom. The predicted molar refractivity (Wildman–Crippen MR) is 78.3 cm³/mol. The summed E-state index contributed by atoms with van der Waals surface area (Å²) in [5.74, 6) is -0.169. The highest BCUT2D eigenvalue weighted by atomic mass is 79.9. The van der Waals surface area contributed by atoms with Crippen molar-refractivity contribution in [1.82, 2.24) is 9.71 Å². The first kappa shape index (κ1) is 15.7. The highest BCUT2D eigenvalue weighted by molar-refractivity contribution is 9.10. The van der Waals surface area contributed by atoms with Gasteiger partial charge in [-0.3, -0.25) is 0 Å². The van der Waals surface area contributed by atoms with Gasteiger partial charge in [-0.2, -0.15) is 0 Å². The molecule has 7 nitrogen and oxygen atoms in total. The van der Waals surface area contributed by atoms with Gasteiger partial charge in [0.05, 0.1) is 11.5 Å². The Bertz CT molecular complexity index is 718. The van der Waals surface area contributed by atoms with Gasteiger partial charge in [-0.05, 0) is 34.3 Å². The van der Waals surface area contributed by atoms with Crippen LogP contribution in [0.4, 0.5) is 5.82 Å². The summed E-state index contributed by atoms with van der Waals surface area (Å²) in [6, 6.07) is 1.36. The first-order valence-corrected chi connectivity index (χ1v) is 9.90. The maximum Gasteiger partial charge on any atom is 0.244 e. The molecule has 1 fully saturated rings. The number of halogens is 1. The minimum absolute atomic E-state index is 0.0156. The van der Waals surface area contributed by atoms with Gasteiger partial charge in [0.15, 0.2) is 9.84 Å². The molecular formula is C10H14BrN3O4S2. The van der Waals surface area contributed by atoms with Crippen LogP contribution in [0.15, 0.2) is 21.6 Å². The van der Waals surface area contributed by atoms with Crippen LogP contribution in [0.1, 0.15) is 6.42 Å². The smallest absolute Gasteiger partial charge is 0.244 e. The van der Waals surface area contributed by atoms with Crippen LogP contribution >= 0.6 is 15.9 Å². The van der Waals surface area contributed by atoms with Gasteiger partial charge in [0.25, 0.3) is 0 Å². The van der Waals surface area contributed by atoms with Crippen LogP contribution in [0.2, 0.25) is 0 Å². The van der Waals surface area contributed by atoms with Crippen molar-refractivity contribution >= 4 is 41.6 Å². The predicted octanol–water partition coefficient (Wildman–Crippen LogP) is 0.139. The maximum absolute atomic E-state index is 12.1. The molecule has 0 aromatic carbocycles. The fraction of sp³-hybridized carbons (Fsp3) is 0.500. The van der Waals surface area contributed by atoms with Crippen molar-refractivity contribution in [2.75, 3.05) is 23.8 Å². The summed E-state index contributed by atoms with van der Waals surface area (Å²) in [6.07, 6.45) is 1.87. The topological polar surface area (TPSA) is 119 Å². The summed E-state index contributed by atoms with van der Waals surface area (Å²) in [5.41, 5.74) is 5.56. The monoisotopic (exact) mass is 383 g/mol.